The molecule has 1 amide bonds. The maximum Gasteiger partial charge on any atom is 0.390 e. The minimum absolute atomic E-state index is 0.152. The predicted molar refractivity (Wildman–Crippen MR) is 53.6 cm³/mol. The lowest BCUT2D eigenvalue weighted by atomic mass is 10.1. The first-order valence-electron chi connectivity index (χ1n) is 5.36. The van der Waals surface area contributed by atoms with E-state index in [1.807, 2.05) is 0 Å². The van der Waals surface area contributed by atoms with Gasteiger partial charge in [0.25, 0.3) is 0 Å². The summed E-state index contributed by atoms with van der Waals surface area (Å²) < 4.78 is 35.8. The first-order chi connectivity index (χ1) is 7.29. The topological polar surface area (TPSA) is 46.3 Å². The Bertz CT molecular complexity index is 251. The minimum Gasteiger partial charge on any atom is -0.345 e. The summed E-state index contributed by atoms with van der Waals surface area (Å²) in [6.45, 7) is -0.292. The summed E-state index contributed by atoms with van der Waals surface area (Å²) in [7, 11) is 1.38. The molecule has 1 saturated carbocycles. The molecule has 3 nitrogen and oxygen atoms in total. The monoisotopic (exact) mass is 238 g/mol. The quantitative estimate of drug-likeness (QED) is 0.789. The van der Waals surface area contributed by atoms with Crippen molar-refractivity contribution in [3.8, 4) is 0 Å². The highest BCUT2D eigenvalue weighted by molar-refractivity contribution is 5.76. The van der Waals surface area contributed by atoms with Gasteiger partial charge in [0.2, 0.25) is 5.91 Å². The van der Waals surface area contributed by atoms with E-state index >= 15 is 0 Å². The van der Waals surface area contributed by atoms with Crippen molar-refractivity contribution in [1.29, 1.82) is 0 Å². The van der Waals surface area contributed by atoms with Crippen LogP contribution in [0, 0.1) is 5.92 Å². The van der Waals surface area contributed by atoms with Gasteiger partial charge in [0.15, 0.2) is 0 Å². The summed E-state index contributed by atoms with van der Waals surface area (Å²) in [5.41, 5.74) is 5.73. The molecule has 0 aromatic rings. The van der Waals surface area contributed by atoms with Gasteiger partial charge in [0, 0.05) is 26.1 Å². The molecule has 1 atom stereocenters. The molecule has 1 aliphatic rings. The summed E-state index contributed by atoms with van der Waals surface area (Å²) >= 11 is 0. The zero-order valence-corrected chi connectivity index (χ0v) is 9.26. The van der Waals surface area contributed by atoms with Gasteiger partial charge in [-0.05, 0) is 18.8 Å². The van der Waals surface area contributed by atoms with Crippen molar-refractivity contribution in [2.45, 2.75) is 37.9 Å². The molecule has 0 spiro atoms. The SMILES string of the molecule is CN(CCC(F)(F)F)C(=O)CC(N)C1CC1. The molecule has 0 radical (unpaired) electrons. The van der Waals surface area contributed by atoms with Gasteiger partial charge in [-0.1, -0.05) is 0 Å². The maximum atomic E-state index is 11.9. The third kappa shape index (κ3) is 4.83. The van der Waals surface area contributed by atoms with Gasteiger partial charge in [0.05, 0.1) is 6.42 Å². The second-order valence-corrected chi connectivity index (χ2v) is 4.39. The van der Waals surface area contributed by atoms with Gasteiger partial charge in [-0.2, -0.15) is 13.2 Å². The van der Waals surface area contributed by atoms with E-state index in [1.54, 1.807) is 0 Å². The van der Waals surface area contributed by atoms with Gasteiger partial charge >= 0.3 is 6.18 Å². The molecule has 1 rings (SSSR count). The average Bonchev–Trinajstić information content (AvgIpc) is 2.95. The number of carbonyl (C=O) groups excluding carboxylic acids is 1. The Balaban J connectivity index is 2.24. The number of carbonyl (C=O) groups is 1. The van der Waals surface area contributed by atoms with E-state index in [4.69, 9.17) is 5.73 Å². The van der Waals surface area contributed by atoms with Crippen LogP contribution >= 0.6 is 0 Å². The summed E-state index contributed by atoms with van der Waals surface area (Å²) in [5, 5.41) is 0. The van der Waals surface area contributed by atoms with Gasteiger partial charge in [-0.15, -0.1) is 0 Å². The lowest BCUT2D eigenvalue weighted by Gasteiger charge is -2.20. The number of hydrogen-bond donors (Lipinski definition) is 1. The molecule has 1 aliphatic carbocycles. The molecule has 94 valence electrons. The van der Waals surface area contributed by atoms with Crippen LogP contribution in [0.3, 0.4) is 0 Å². The number of nitrogens with zero attached hydrogens (tertiary/aromatic N) is 1. The molecule has 0 aromatic heterocycles. The second-order valence-electron chi connectivity index (χ2n) is 4.39. The highest BCUT2D eigenvalue weighted by atomic mass is 19.4. The molecule has 1 fully saturated rings. The lowest BCUT2D eigenvalue weighted by Crippen LogP contribution is -2.36. The fourth-order valence-electron chi connectivity index (χ4n) is 1.47. The van der Waals surface area contributed by atoms with Gasteiger partial charge in [-0.25, -0.2) is 0 Å². The Hall–Kier alpha value is -0.780. The number of hydrogen-bond acceptors (Lipinski definition) is 2. The normalized spacial score (nSPS) is 18.3. The van der Waals surface area contributed by atoms with Crippen LogP contribution in [0.4, 0.5) is 13.2 Å². The van der Waals surface area contributed by atoms with E-state index in [9.17, 15) is 18.0 Å². The van der Waals surface area contributed by atoms with Crippen LogP contribution in [0.5, 0.6) is 0 Å². The predicted octanol–water partition coefficient (Wildman–Crippen LogP) is 1.52. The number of nitrogens with two attached hydrogens (primary N) is 1. The van der Waals surface area contributed by atoms with Crippen molar-refractivity contribution in [1.82, 2.24) is 4.90 Å². The van der Waals surface area contributed by atoms with Crippen molar-refractivity contribution in [3.05, 3.63) is 0 Å². The molecule has 0 bridgehead atoms. The van der Waals surface area contributed by atoms with Crippen molar-refractivity contribution >= 4 is 5.91 Å². The van der Waals surface area contributed by atoms with E-state index in [0.29, 0.717) is 5.92 Å². The number of amides is 1. The Morgan fingerprint density at radius 2 is 2.06 bits per heavy atom. The fourth-order valence-corrected chi connectivity index (χ4v) is 1.47. The highest BCUT2D eigenvalue weighted by Crippen LogP contribution is 2.33. The molecule has 0 aliphatic heterocycles. The van der Waals surface area contributed by atoms with E-state index in [1.165, 1.54) is 7.05 Å². The summed E-state index contributed by atoms with van der Waals surface area (Å²) in [6.07, 6.45) is -2.97. The zero-order chi connectivity index (χ0) is 12.3. The van der Waals surface area contributed by atoms with Crippen LogP contribution in [-0.4, -0.2) is 36.6 Å². The third-order valence-electron chi connectivity index (χ3n) is 2.79. The maximum absolute atomic E-state index is 11.9. The first kappa shape index (κ1) is 13.3. The van der Waals surface area contributed by atoms with E-state index in [2.05, 4.69) is 0 Å². The van der Waals surface area contributed by atoms with E-state index in [-0.39, 0.29) is 24.9 Å². The fraction of sp³-hybridized carbons (Fsp3) is 0.900. The standard InChI is InChI=1S/C10H17F3N2O/c1-15(5-4-10(11,12)13)9(16)6-8(14)7-2-3-7/h7-8H,2-6,14H2,1H3. The molecule has 0 heterocycles. The Labute approximate surface area is 92.8 Å². The Morgan fingerprint density at radius 3 is 2.50 bits per heavy atom. The van der Waals surface area contributed by atoms with Gasteiger partial charge < -0.3 is 10.6 Å². The van der Waals surface area contributed by atoms with Crippen molar-refractivity contribution in [2.75, 3.05) is 13.6 Å². The molecule has 0 saturated heterocycles. The molecule has 2 N–H and O–H groups in total. The lowest BCUT2D eigenvalue weighted by molar-refractivity contribution is -0.144. The van der Waals surface area contributed by atoms with Crippen LogP contribution in [-0.2, 0) is 4.79 Å². The summed E-state index contributed by atoms with van der Waals surface area (Å²) in [4.78, 5) is 12.6. The van der Waals surface area contributed by atoms with Gasteiger partial charge in [-0.3, -0.25) is 4.79 Å². The third-order valence-corrected chi connectivity index (χ3v) is 2.79. The highest BCUT2D eigenvalue weighted by Gasteiger charge is 2.32. The Kier molecular flexibility index (Phi) is 4.18. The van der Waals surface area contributed by atoms with Crippen LogP contribution in [0.15, 0.2) is 0 Å². The van der Waals surface area contributed by atoms with Crippen LogP contribution in [0.1, 0.15) is 25.7 Å². The second kappa shape index (κ2) is 5.03. The summed E-state index contributed by atoms with van der Waals surface area (Å²) in [5.74, 6) is 0.0867. The zero-order valence-electron chi connectivity index (χ0n) is 9.26. The van der Waals surface area contributed by atoms with Crippen molar-refractivity contribution in [2.24, 2.45) is 11.7 Å². The van der Waals surface area contributed by atoms with Gasteiger partial charge in [0.1, 0.15) is 0 Å². The molecule has 0 aromatic carbocycles. The largest absolute Gasteiger partial charge is 0.390 e. The van der Waals surface area contributed by atoms with E-state index < -0.39 is 12.6 Å². The molecular weight excluding hydrogens is 221 g/mol. The molecule has 6 heteroatoms. The van der Waals surface area contributed by atoms with Crippen LogP contribution < -0.4 is 5.73 Å². The number of alkyl halides is 3. The minimum atomic E-state index is -4.22. The smallest absolute Gasteiger partial charge is 0.345 e. The molecule has 16 heavy (non-hydrogen) atoms. The Morgan fingerprint density at radius 1 is 1.50 bits per heavy atom. The average molecular weight is 238 g/mol. The first-order valence-corrected chi connectivity index (χ1v) is 5.36. The molecular formula is C10H17F3N2O. The number of halogens is 3. The number of rotatable bonds is 5. The van der Waals surface area contributed by atoms with E-state index in [0.717, 1.165) is 17.7 Å². The molecule has 1 unspecified atom stereocenters. The van der Waals surface area contributed by atoms with Crippen molar-refractivity contribution < 1.29 is 18.0 Å². The summed E-state index contributed by atoms with van der Waals surface area (Å²) in [6, 6.07) is -0.194. The van der Waals surface area contributed by atoms with Crippen LogP contribution in [0.25, 0.3) is 0 Å². The van der Waals surface area contributed by atoms with Crippen molar-refractivity contribution in [3.63, 3.8) is 0 Å². The van der Waals surface area contributed by atoms with Crippen LogP contribution in [0.2, 0.25) is 0 Å².